The van der Waals surface area contributed by atoms with Crippen LogP contribution in [0.15, 0.2) is 64.4 Å². The van der Waals surface area contributed by atoms with E-state index in [1.54, 1.807) is 24.6 Å². The van der Waals surface area contributed by atoms with Gasteiger partial charge in [-0.15, -0.1) is 0 Å². The first-order chi connectivity index (χ1) is 18.6. The monoisotopic (exact) mass is 519 g/mol. The molecule has 6 rings (SSSR count). The lowest BCUT2D eigenvalue weighted by Gasteiger charge is -2.36. The van der Waals surface area contributed by atoms with E-state index in [-0.39, 0.29) is 24.1 Å². The predicted octanol–water partition coefficient (Wildman–Crippen LogP) is 2.90. The molecule has 2 atom stereocenters. The summed E-state index contributed by atoms with van der Waals surface area (Å²) in [5.74, 6) is 0.320. The van der Waals surface area contributed by atoms with Crippen molar-refractivity contribution in [3.8, 4) is 11.3 Å². The van der Waals surface area contributed by atoms with E-state index in [0.29, 0.717) is 57.5 Å². The van der Waals surface area contributed by atoms with Crippen LogP contribution in [0.3, 0.4) is 0 Å². The van der Waals surface area contributed by atoms with E-state index >= 15 is 0 Å². The number of aliphatic imine (C=N–C) groups is 1. The van der Waals surface area contributed by atoms with Crippen molar-refractivity contribution < 1.29 is 18.3 Å². The summed E-state index contributed by atoms with van der Waals surface area (Å²) >= 11 is 0. The Labute approximate surface area is 219 Å². The Hall–Kier alpha value is -3.96. The van der Waals surface area contributed by atoms with Crippen LogP contribution in [0.5, 0.6) is 0 Å². The zero-order valence-electron chi connectivity index (χ0n) is 21.2. The highest BCUT2D eigenvalue weighted by Crippen LogP contribution is 2.33. The molecule has 2 amide bonds. The minimum atomic E-state index is -0.313. The predicted molar refractivity (Wildman–Crippen MR) is 141 cm³/mol. The number of imidazole rings is 1. The van der Waals surface area contributed by atoms with Gasteiger partial charge in [-0.2, -0.15) is 4.98 Å². The largest absolute Gasteiger partial charge is 0.432 e. The fraction of sp³-hybridized carbons (Fsp3) is 0.370. The summed E-state index contributed by atoms with van der Waals surface area (Å²) in [6, 6.07) is 6.35. The van der Waals surface area contributed by atoms with Crippen LogP contribution in [0.1, 0.15) is 5.69 Å². The lowest BCUT2D eigenvalue weighted by Crippen LogP contribution is -2.51. The van der Waals surface area contributed by atoms with Crippen molar-refractivity contribution in [2.45, 2.75) is 6.29 Å². The molecule has 2 aromatic heterocycles. The molecule has 11 heteroatoms. The van der Waals surface area contributed by atoms with Gasteiger partial charge in [0.1, 0.15) is 23.5 Å². The number of nitrogens with one attached hydrogen (secondary N) is 1. The van der Waals surface area contributed by atoms with Gasteiger partial charge < -0.3 is 23.9 Å². The molecule has 1 aromatic carbocycles. The van der Waals surface area contributed by atoms with Gasteiger partial charge in [-0.1, -0.05) is 12.2 Å². The van der Waals surface area contributed by atoms with Gasteiger partial charge in [0.2, 0.25) is 0 Å². The maximum atomic E-state index is 13.6. The van der Waals surface area contributed by atoms with Crippen LogP contribution in [0.4, 0.5) is 9.18 Å². The molecule has 1 saturated heterocycles. The average Bonchev–Trinajstić information content (AvgIpc) is 3.55. The van der Waals surface area contributed by atoms with Crippen LogP contribution < -0.4 is 5.32 Å². The van der Waals surface area contributed by atoms with Gasteiger partial charge in [0, 0.05) is 63.7 Å². The number of morpholine rings is 1. The Morgan fingerprint density at radius 2 is 2.00 bits per heavy atom. The standard InChI is InChI=1S/C27H30FN7O3/c1-32-22(24-23(20-4-6-21(28)7-5-20)31-26-35(24)13-16-38-26)8-9-29-25(32)30-17-19-3-2-10-34(18-19)27(36)33-11-14-37-15-12-33/h2-9,13,16,19,25,30H,10-12,14-15,17-18H2,1H3/t19-,25?/m0/s1. The average molecular weight is 520 g/mol. The Kier molecular flexibility index (Phi) is 6.69. The second kappa shape index (κ2) is 10.4. The maximum Gasteiger partial charge on any atom is 0.320 e. The van der Waals surface area contributed by atoms with Crippen LogP contribution in [-0.2, 0) is 4.74 Å². The number of benzene rings is 1. The summed E-state index contributed by atoms with van der Waals surface area (Å²) in [6.45, 7) is 4.38. The van der Waals surface area contributed by atoms with Crippen molar-refractivity contribution in [3.05, 3.63) is 66.5 Å². The summed E-state index contributed by atoms with van der Waals surface area (Å²) in [6.07, 6.45) is 11.0. The van der Waals surface area contributed by atoms with E-state index in [9.17, 15) is 9.18 Å². The van der Waals surface area contributed by atoms with Crippen LogP contribution in [-0.4, -0.2) is 95.6 Å². The van der Waals surface area contributed by atoms with Crippen LogP contribution in [0.2, 0.25) is 0 Å². The molecule has 10 nitrogen and oxygen atoms in total. The highest BCUT2D eigenvalue weighted by Gasteiger charge is 2.29. The molecule has 3 aliphatic rings. The Bertz CT molecular complexity index is 1390. The Morgan fingerprint density at radius 3 is 2.82 bits per heavy atom. The van der Waals surface area contributed by atoms with Crippen molar-refractivity contribution in [1.82, 2.24) is 29.4 Å². The molecular formula is C27H30FN7O3. The number of nitrogens with zero attached hydrogens (tertiary/aromatic N) is 6. The molecule has 1 fully saturated rings. The summed E-state index contributed by atoms with van der Waals surface area (Å²) in [4.78, 5) is 28.1. The molecule has 1 N–H and O–H groups in total. The summed E-state index contributed by atoms with van der Waals surface area (Å²) in [5.41, 5.74) is 3.22. The SMILES string of the molecule is CN1C(c2c(-c3ccc(F)cc3)nc3occn23)=CC=NC1NC[C@@H]1C=CCN(C(=O)N2CCOCC2)C1. The van der Waals surface area contributed by atoms with Gasteiger partial charge in [-0.25, -0.2) is 9.18 Å². The number of amides is 2. The Balaban J connectivity index is 1.16. The first-order valence-corrected chi connectivity index (χ1v) is 12.8. The second-order valence-electron chi connectivity index (χ2n) is 9.59. The van der Waals surface area contributed by atoms with Crippen molar-refractivity contribution in [2.75, 3.05) is 53.0 Å². The molecule has 3 aliphatic heterocycles. The van der Waals surface area contributed by atoms with Crippen molar-refractivity contribution in [3.63, 3.8) is 0 Å². The molecule has 0 radical (unpaired) electrons. The fourth-order valence-electron chi connectivity index (χ4n) is 5.12. The van der Waals surface area contributed by atoms with Gasteiger partial charge in [0.15, 0.2) is 6.29 Å². The van der Waals surface area contributed by atoms with Crippen LogP contribution in [0, 0.1) is 11.7 Å². The van der Waals surface area contributed by atoms with Gasteiger partial charge >= 0.3 is 11.9 Å². The second-order valence-corrected chi connectivity index (χ2v) is 9.59. The third-order valence-electron chi connectivity index (χ3n) is 7.13. The van der Waals surface area contributed by atoms with Gasteiger partial charge in [-0.05, 0) is 30.3 Å². The van der Waals surface area contributed by atoms with Gasteiger partial charge in [-0.3, -0.25) is 14.7 Å². The number of aromatic nitrogens is 2. The number of ether oxygens (including phenoxy) is 1. The minimum absolute atomic E-state index is 0.0684. The zero-order chi connectivity index (χ0) is 26.1. The van der Waals surface area contributed by atoms with Crippen LogP contribution in [0.25, 0.3) is 22.8 Å². The lowest BCUT2D eigenvalue weighted by molar-refractivity contribution is 0.0429. The van der Waals surface area contributed by atoms with Crippen molar-refractivity contribution >= 4 is 23.8 Å². The third kappa shape index (κ3) is 4.70. The molecule has 0 bridgehead atoms. The maximum absolute atomic E-state index is 13.6. The molecule has 0 aliphatic carbocycles. The normalized spacial score (nSPS) is 21.8. The molecule has 38 heavy (non-hydrogen) atoms. The third-order valence-corrected chi connectivity index (χ3v) is 7.13. The smallest absolute Gasteiger partial charge is 0.320 e. The minimum Gasteiger partial charge on any atom is -0.432 e. The van der Waals surface area contributed by atoms with E-state index in [4.69, 9.17) is 9.15 Å². The number of oxazole rings is 1. The highest BCUT2D eigenvalue weighted by molar-refractivity contribution is 5.89. The summed E-state index contributed by atoms with van der Waals surface area (Å²) < 4.78 is 26.4. The summed E-state index contributed by atoms with van der Waals surface area (Å²) in [7, 11) is 1.97. The lowest BCUT2D eigenvalue weighted by atomic mass is 10.1. The number of fused-ring (bicyclic) bond motifs is 1. The number of hydrogen-bond acceptors (Lipinski definition) is 7. The van der Waals surface area contributed by atoms with E-state index < -0.39 is 0 Å². The molecular weight excluding hydrogens is 489 g/mol. The summed E-state index contributed by atoms with van der Waals surface area (Å²) in [5, 5.41) is 3.54. The molecule has 0 saturated carbocycles. The highest BCUT2D eigenvalue weighted by atomic mass is 19.1. The Morgan fingerprint density at radius 1 is 1.18 bits per heavy atom. The molecule has 1 unspecified atom stereocenters. The van der Waals surface area contributed by atoms with Crippen molar-refractivity contribution in [1.29, 1.82) is 0 Å². The van der Waals surface area contributed by atoms with Crippen molar-refractivity contribution in [2.24, 2.45) is 10.9 Å². The quantitative estimate of drug-likeness (QED) is 0.522. The van der Waals surface area contributed by atoms with E-state index in [2.05, 4.69) is 27.4 Å². The molecule has 198 valence electrons. The van der Waals surface area contributed by atoms with E-state index in [1.165, 1.54) is 12.1 Å². The van der Waals surface area contributed by atoms with Gasteiger partial charge in [0.25, 0.3) is 0 Å². The number of urea groups is 1. The number of hydrogen-bond donors (Lipinski definition) is 1. The first kappa shape index (κ1) is 24.4. The number of allylic oxidation sites excluding steroid dienone is 1. The van der Waals surface area contributed by atoms with Gasteiger partial charge in [0.05, 0.1) is 18.9 Å². The fourth-order valence-corrected chi connectivity index (χ4v) is 5.12. The van der Waals surface area contributed by atoms with Crippen LogP contribution >= 0.6 is 0 Å². The zero-order valence-corrected chi connectivity index (χ0v) is 21.2. The topological polar surface area (TPSA) is 90.9 Å². The molecule has 5 heterocycles. The molecule has 0 spiro atoms. The number of carbonyl (C=O) groups is 1. The van der Waals surface area contributed by atoms with E-state index in [0.717, 1.165) is 17.0 Å². The first-order valence-electron chi connectivity index (χ1n) is 12.8. The van der Waals surface area contributed by atoms with E-state index in [1.807, 2.05) is 38.4 Å². The number of rotatable bonds is 5. The number of carbonyl (C=O) groups excluding carboxylic acids is 1. The molecule has 3 aromatic rings. The number of halogens is 1.